The molecule has 2 aromatic rings. The van der Waals surface area contributed by atoms with Crippen molar-refractivity contribution < 1.29 is 4.79 Å². The molecule has 0 radical (unpaired) electrons. The van der Waals surface area contributed by atoms with Crippen LogP contribution >= 0.6 is 0 Å². The van der Waals surface area contributed by atoms with Crippen LogP contribution in [0, 0.1) is 11.8 Å². The fraction of sp³-hybridized carbons (Fsp3) is 0.500. The number of aromatic nitrogens is 3. The Labute approximate surface area is 146 Å². The van der Waals surface area contributed by atoms with Gasteiger partial charge < -0.3 is 16.0 Å². The second-order valence-electron chi connectivity index (χ2n) is 6.99. The van der Waals surface area contributed by atoms with Crippen LogP contribution in [-0.4, -0.2) is 26.7 Å². The molecule has 3 rings (SSSR count). The van der Waals surface area contributed by atoms with Gasteiger partial charge >= 0.3 is 0 Å². The summed E-state index contributed by atoms with van der Waals surface area (Å²) in [4.78, 5) is 26.7. The van der Waals surface area contributed by atoms with E-state index in [9.17, 15) is 9.59 Å². The molecule has 0 bridgehead atoms. The van der Waals surface area contributed by atoms with Crippen molar-refractivity contribution in [2.24, 2.45) is 17.6 Å². The van der Waals surface area contributed by atoms with E-state index in [1.807, 2.05) is 0 Å². The third-order valence-corrected chi connectivity index (χ3v) is 5.00. The Kier molecular flexibility index (Phi) is 5.33. The zero-order chi connectivity index (χ0) is 17.8. The molecule has 1 aliphatic rings. The maximum Gasteiger partial charge on any atom is 0.253 e. The topological polar surface area (TPSA) is 106 Å². The molecule has 1 amide bonds. The van der Waals surface area contributed by atoms with Crippen LogP contribution in [0.4, 0.5) is 5.69 Å². The van der Waals surface area contributed by atoms with Crippen molar-refractivity contribution in [1.82, 2.24) is 14.8 Å². The Bertz CT molecular complexity index is 774. The molecule has 0 saturated heterocycles. The lowest BCUT2D eigenvalue weighted by Gasteiger charge is -2.29. The monoisotopic (exact) mass is 343 g/mol. The number of amides is 1. The van der Waals surface area contributed by atoms with Gasteiger partial charge in [-0.15, -0.1) is 0 Å². The van der Waals surface area contributed by atoms with Crippen molar-refractivity contribution in [3.05, 3.63) is 46.6 Å². The molecule has 25 heavy (non-hydrogen) atoms. The Morgan fingerprint density at radius 1 is 1.44 bits per heavy atom. The number of nitrogens with two attached hydrogens (primary N) is 1. The molecule has 2 heterocycles. The lowest BCUT2D eigenvalue weighted by molar-refractivity contribution is -0.118. The first-order valence-electron chi connectivity index (χ1n) is 8.78. The van der Waals surface area contributed by atoms with Gasteiger partial charge in [-0.3, -0.25) is 14.3 Å². The molecule has 1 saturated carbocycles. The highest BCUT2D eigenvalue weighted by molar-refractivity contribution is 5.94. The van der Waals surface area contributed by atoms with Crippen LogP contribution < -0.4 is 16.6 Å². The van der Waals surface area contributed by atoms with E-state index in [1.165, 1.54) is 0 Å². The van der Waals surface area contributed by atoms with E-state index in [4.69, 9.17) is 5.73 Å². The van der Waals surface area contributed by atoms with Crippen LogP contribution in [0.3, 0.4) is 0 Å². The highest BCUT2D eigenvalue weighted by Gasteiger charge is 2.28. The standard InChI is InChI=1S/C18H25N5O2/c1-12-4-6-13(7-5-12)16(19)18(25)22-15-9-21-23(11-15)10-14-3-2-8-20-17(14)24/h2-3,8-9,11-13,16H,4-7,10,19H2,1H3,(H,20,24)(H,22,25). The van der Waals surface area contributed by atoms with Crippen molar-refractivity contribution in [3.8, 4) is 0 Å². The molecule has 1 aliphatic carbocycles. The predicted molar refractivity (Wildman–Crippen MR) is 96.1 cm³/mol. The van der Waals surface area contributed by atoms with Crippen LogP contribution in [0.15, 0.2) is 35.5 Å². The summed E-state index contributed by atoms with van der Waals surface area (Å²) < 4.78 is 1.62. The highest BCUT2D eigenvalue weighted by Crippen LogP contribution is 2.30. The van der Waals surface area contributed by atoms with E-state index in [-0.39, 0.29) is 17.4 Å². The van der Waals surface area contributed by atoms with Crippen LogP contribution in [-0.2, 0) is 11.3 Å². The van der Waals surface area contributed by atoms with Crippen molar-refractivity contribution in [3.63, 3.8) is 0 Å². The Balaban J connectivity index is 1.58. The third kappa shape index (κ3) is 4.36. The third-order valence-electron chi connectivity index (χ3n) is 5.00. The van der Waals surface area contributed by atoms with Crippen LogP contribution in [0.2, 0.25) is 0 Å². The van der Waals surface area contributed by atoms with Gasteiger partial charge in [0.2, 0.25) is 5.91 Å². The van der Waals surface area contributed by atoms with E-state index < -0.39 is 6.04 Å². The van der Waals surface area contributed by atoms with Gasteiger partial charge in [-0.25, -0.2) is 0 Å². The minimum Gasteiger partial charge on any atom is -0.329 e. The first kappa shape index (κ1) is 17.4. The van der Waals surface area contributed by atoms with E-state index in [1.54, 1.807) is 35.4 Å². The number of aromatic amines is 1. The minimum absolute atomic E-state index is 0.142. The maximum atomic E-state index is 12.4. The van der Waals surface area contributed by atoms with Gasteiger partial charge in [-0.1, -0.05) is 25.8 Å². The van der Waals surface area contributed by atoms with Crippen LogP contribution in [0.25, 0.3) is 0 Å². The van der Waals surface area contributed by atoms with E-state index in [0.717, 1.165) is 31.6 Å². The van der Waals surface area contributed by atoms with Gasteiger partial charge in [0.1, 0.15) is 0 Å². The number of anilines is 1. The molecule has 134 valence electrons. The van der Waals surface area contributed by atoms with Gasteiger partial charge in [-0.05, 0) is 30.7 Å². The number of nitrogens with one attached hydrogen (secondary N) is 2. The van der Waals surface area contributed by atoms with Gasteiger partial charge in [0, 0.05) is 18.0 Å². The molecule has 0 spiro atoms. The molecular weight excluding hydrogens is 318 g/mol. The Morgan fingerprint density at radius 2 is 2.20 bits per heavy atom. The Hall–Kier alpha value is -2.41. The largest absolute Gasteiger partial charge is 0.329 e. The first-order chi connectivity index (χ1) is 12.0. The zero-order valence-corrected chi connectivity index (χ0v) is 14.4. The summed E-state index contributed by atoms with van der Waals surface area (Å²) in [5.74, 6) is 0.802. The van der Waals surface area contributed by atoms with Crippen molar-refractivity contribution in [1.29, 1.82) is 0 Å². The summed E-state index contributed by atoms with van der Waals surface area (Å²) in [5, 5.41) is 7.03. The number of pyridine rings is 1. The number of nitrogens with zero attached hydrogens (tertiary/aromatic N) is 2. The second-order valence-corrected chi connectivity index (χ2v) is 6.99. The number of carbonyl (C=O) groups excluding carboxylic acids is 1. The lowest BCUT2D eigenvalue weighted by Crippen LogP contribution is -2.43. The molecule has 0 aromatic carbocycles. The summed E-state index contributed by atoms with van der Waals surface area (Å²) in [7, 11) is 0. The molecule has 2 aromatic heterocycles. The van der Waals surface area contributed by atoms with Gasteiger partial charge in [-0.2, -0.15) is 5.10 Å². The van der Waals surface area contributed by atoms with Crippen LogP contribution in [0.5, 0.6) is 0 Å². The SMILES string of the molecule is CC1CCC(C(N)C(=O)Nc2cnn(Cc3ccc[nH]c3=O)c2)CC1. The normalized spacial score (nSPS) is 21.7. The van der Waals surface area contributed by atoms with E-state index in [0.29, 0.717) is 17.8 Å². The molecule has 7 heteroatoms. The molecular formula is C18H25N5O2. The van der Waals surface area contributed by atoms with Crippen molar-refractivity contribution in [2.45, 2.75) is 45.2 Å². The van der Waals surface area contributed by atoms with Gasteiger partial charge in [0.05, 0.1) is 24.5 Å². The second kappa shape index (κ2) is 7.65. The number of hydrogen-bond donors (Lipinski definition) is 3. The number of carbonyl (C=O) groups is 1. The van der Waals surface area contributed by atoms with Gasteiger partial charge in [0.25, 0.3) is 5.56 Å². The van der Waals surface area contributed by atoms with Crippen LogP contribution in [0.1, 0.15) is 38.2 Å². The number of rotatable bonds is 5. The predicted octanol–water partition coefficient (Wildman–Crippen LogP) is 1.71. The summed E-state index contributed by atoms with van der Waals surface area (Å²) in [6.07, 6.45) is 9.15. The summed E-state index contributed by atoms with van der Waals surface area (Å²) >= 11 is 0. The van der Waals surface area contributed by atoms with Gasteiger partial charge in [0.15, 0.2) is 0 Å². The molecule has 1 unspecified atom stereocenters. The molecule has 7 nitrogen and oxygen atoms in total. The Morgan fingerprint density at radius 3 is 2.92 bits per heavy atom. The smallest absolute Gasteiger partial charge is 0.253 e. The summed E-state index contributed by atoms with van der Waals surface area (Å²) in [6.45, 7) is 2.59. The van der Waals surface area contributed by atoms with E-state index in [2.05, 4.69) is 22.3 Å². The average molecular weight is 343 g/mol. The highest BCUT2D eigenvalue weighted by atomic mass is 16.2. The minimum atomic E-state index is -0.493. The first-order valence-corrected chi connectivity index (χ1v) is 8.78. The molecule has 1 fully saturated rings. The summed E-state index contributed by atoms with van der Waals surface area (Å²) in [5.41, 5.74) is 7.21. The average Bonchev–Trinajstić information content (AvgIpc) is 3.04. The number of H-pyrrole nitrogens is 1. The fourth-order valence-corrected chi connectivity index (χ4v) is 3.35. The maximum absolute atomic E-state index is 12.4. The fourth-order valence-electron chi connectivity index (χ4n) is 3.35. The van der Waals surface area contributed by atoms with E-state index >= 15 is 0 Å². The molecule has 0 aliphatic heterocycles. The quantitative estimate of drug-likeness (QED) is 0.768. The zero-order valence-electron chi connectivity index (χ0n) is 14.4. The lowest BCUT2D eigenvalue weighted by atomic mass is 9.79. The van der Waals surface area contributed by atoms with Crippen molar-refractivity contribution in [2.75, 3.05) is 5.32 Å². The summed E-state index contributed by atoms with van der Waals surface area (Å²) in [6, 6.07) is 3.03. The molecule has 1 atom stereocenters. The van der Waals surface area contributed by atoms with Crippen molar-refractivity contribution >= 4 is 11.6 Å². The number of hydrogen-bond acceptors (Lipinski definition) is 4. The molecule has 4 N–H and O–H groups in total.